The summed E-state index contributed by atoms with van der Waals surface area (Å²) < 4.78 is 0. The Morgan fingerprint density at radius 3 is 2.90 bits per heavy atom. The van der Waals surface area contributed by atoms with E-state index in [1.165, 1.54) is 16.7 Å². The summed E-state index contributed by atoms with van der Waals surface area (Å²) in [6.45, 7) is 4.29. The SMILES string of the molecule is Cc1cc(O)cc2c1[C@H]1CC[C@]3(C)C(=O)CC[C@@H]3[C@H]1C=C2. The normalized spacial score (nSPS) is 37.0. The molecule has 21 heavy (non-hydrogen) atoms. The van der Waals surface area contributed by atoms with Crippen molar-refractivity contribution in [3.05, 3.63) is 34.9 Å². The molecule has 2 fully saturated rings. The fourth-order valence-electron chi connectivity index (χ4n) is 5.24. The molecule has 4 rings (SSSR count). The van der Waals surface area contributed by atoms with Crippen molar-refractivity contribution in [2.45, 2.75) is 45.4 Å². The molecular weight excluding hydrogens is 260 g/mol. The number of phenolic OH excluding ortho intramolecular Hbond substituents is 1. The molecule has 4 atom stereocenters. The van der Waals surface area contributed by atoms with Crippen molar-refractivity contribution in [2.75, 3.05) is 0 Å². The first-order valence-electron chi connectivity index (χ1n) is 8.06. The summed E-state index contributed by atoms with van der Waals surface area (Å²) in [5, 5.41) is 9.81. The van der Waals surface area contributed by atoms with Gasteiger partial charge in [0.25, 0.3) is 0 Å². The topological polar surface area (TPSA) is 37.3 Å². The summed E-state index contributed by atoms with van der Waals surface area (Å²) in [6, 6.07) is 3.76. The van der Waals surface area contributed by atoms with Gasteiger partial charge in [0.05, 0.1) is 0 Å². The van der Waals surface area contributed by atoms with Crippen LogP contribution < -0.4 is 0 Å². The number of hydrogen-bond acceptors (Lipinski definition) is 2. The molecule has 0 aliphatic heterocycles. The van der Waals surface area contributed by atoms with Crippen LogP contribution in [0.2, 0.25) is 0 Å². The van der Waals surface area contributed by atoms with E-state index in [2.05, 4.69) is 26.0 Å². The minimum atomic E-state index is -0.0895. The molecule has 0 radical (unpaired) electrons. The predicted molar refractivity (Wildman–Crippen MR) is 83.2 cm³/mol. The molecule has 0 amide bonds. The summed E-state index contributed by atoms with van der Waals surface area (Å²) in [7, 11) is 0. The van der Waals surface area contributed by atoms with Gasteiger partial charge in [0.2, 0.25) is 0 Å². The molecule has 2 saturated carbocycles. The van der Waals surface area contributed by atoms with Crippen LogP contribution in [0.15, 0.2) is 18.2 Å². The molecule has 0 unspecified atom stereocenters. The molecule has 0 aromatic heterocycles. The zero-order chi connectivity index (χ0) is 14.8. The largest absolute Gasteiger partial charge is 0.508 e. The quantitative estimate of drug-likeness (QED) is 0.774. The third-order valence-electron chi connectivity index (χ3n) is 6.31. The van der Waals surface area contributed by atoms with Crippen molar-refractivity contribution < 1.29 is 9.90 Å². The average Bonchev–Trinajstić information content (AvgIpc) is 2.74. The van der Waals surface area contributed by atoms with Gasteiger partial charge >= 0.3 is 0 Å². The Bertz CT molecular complexity index is 658. The Balaban J connectivity index is 1.80. The Labute approximate surface area is 125 Å². The third kappa shape index (κ3) is 1.68. The number of fused-ring (bicyclic) bond motifs is 5. The van der Waals surface area contributed by atoms with Gasteiger partial charge in [-0.25, -0.2) is 0 Å². The number of ketones is 1. The van der Waals surface area contributed by atoms with Gasteiger partial charge in [-0.1, -0.05) is 19.1 Å². The second-order valence-corrected chi connectivity index (χ2v) is 7.33. The molecule has 0 saturated heterocycles. The van der Waals surface area contributed by atoms with E-state index in [-0.39, 0.29) is 5.41 Å². The number of carbonyl (C=O) groups is 1. The summed E-state index contributed by atoms with van der Waals surface area (Å²) in [5.74, 6) is 2.35. The number of Topliss-reactive ketones (excluding diaryl/α,β-unsaturated/α-hetero) is 1. The zero-order valence-corrected chi connectivity index (χ0v) is 12.7. The van der Waals surface area contributed by atoms with E-state index in [4.69, 9.17) is 0 Å². The second-order valence-electron chi connectivity index (χ2n) is 7.33. The lowest BCUT2D eigenvalue weighted by Crippen LogP contribution is -2.41. The smallest absolute Gasteiger partial charge is 0.139 e. The minimum Gasteiger partial charge on any atom is -0.508 e. The third-order valence-corrected chi connectivity index (χ3v) is 6.31. The average molecular weight is 282 g/mol. The molecule has 1 aromatic rings. The van der Waals surface area contributed by atoms with Crippen molar-refractivity contribution >= 4 is 11.9 Å². The Kier molecular flexibility index (Phi) is 2.64. The van der Waals surface area contributed by atoms with Crippen molar-refractivity contribution in [2.24, 2.45) is 17.3 Å². The maximum Gasteiger partial charge on any atom is 0.139 e. The van der Waals surface area contributed by atoms with Crippen molar-refractivity contribution in [1.82, 2.24) is 0 Å². The minimum absolute atomic E-state index is 0.0895. The van der Waals surface area contributed by atoms with Gasteiger partial charge in [-0.3, -0.25) is 4.79 Å². The number of aromatic hydroxyl groups is 1. The maximum absolute atomic E-state index is 12.3. The second kappa shape index (κ2) is 4.22. The van der Waals surface area contributed by atoms with Gasteiger partial charge < -0.3 is 5.11 Å². The highest BCUT2D eigenvalue weighted by Gasteiger charge is 2.53. The molecule has 1 N–H and O–H groups in total. The van der Waals surface area contributed by atoms with Gasteiger partial charge in [-0.05, 0) is 72.8 Å². The number of aryl methyl sites for hydroxylation is 1. The molecule has 0 heterocycles. The number of benzene rings is 1. The molecule has 2 nitrogen and oxygen atoms in total. The highest BCUT2D eigenvalue weighted by atomic mass is 16.3. The van der Waals surface area contributed by atoms with Crippen LogP contribution in [-0.4, -0.2) is 10.9 Å². The van der Waals surface area contributed by atoms with E-state index in [9.17, 15) is 9.90 Å². The number of allylic oxidation sites excluding steroid dienone is 1. The van der Waals surface area contributed by atoms with E-state index < -0.39 is 0 Å². The fraction of sp³-hybridized carbons (Fsp3) is 0.526. The van der Waals surface area contributed by atoms with Crippen LogP contribution in [-0.2, 0) is 4.79 Å². The van der Waals surface area contributed by atoms with Crippen LogP contribution in [0.3, 0.4) is 0 Å². The maximum atomic E-state index is 12.3. The Hall–Kier alpha value is -1.57. The first-order valence-corrected chi connectivity index (χ1v) is 8.06. The number of hydrogen-bond donors (Lipinski definition) is 1. The molecule has 3 aliphatic carbocycles. The van der Waals surface area contributed by atoms with Crippen LogP contribution >= 0.6 is 0 Å². The van der Waals surface area contributed by atoms with Crippen LogP contribution in [0.25, 0.3) is 6.08 Å². The fourth-order valence-corrected chi connectivity index (χ4v) is 5.24. The molecule has 1 aromatic carbocycles. The molecule has 110 valence electrons. The standard InChI is InChI=1S/C19H22O2/c1-11-9-13(20)10-12-3-4-14-15(18(11)12)7-8-19(2)16(14)5-6-17(19)21/h3-4,9-10,14-16,20H,5-8H2,1-2H3/t14-,15-,16+,19-/m0/s1. The number of rotatable bonds is 0. The Morgan fingerprint density at radius 2 is 2.10 bits per heavy atom. The van der Waals surface area contributed by atoms with Crippen molar-refractivity contribution in [3.8, 4) is 5.75 Å². The van der Waals surface area contributed by atoms with E-state index in [0.29, 0.717) is 29.3 Å². The van der Waals surface area contributed by atoms with Gasteiger partial charge in [0.15, 0.2) is 0 Å². The summed E-state index contributed by atoms with van der Waals surface area (Å²) >= 11 is 0. The molecule has 2 heteroatoms. The predicted octanol–water partition coefficient (Wildman–Crippen LogP) is 4.21. The van der Waals surface area contributed by atoms with E-state index in [0.717, 1.165) is 25.7 Å². The lowest BCUT2D eigenvalue weighted by molar-refractivity contribution is -0.128. The molecule has 0 spiro atoms. The number of carbonyl (C=O) groups excluding carboxylic acids is 1. The molecule has 3 aliphatic rings. The first kappa shape index (κ1) is 13.1. The number of phenols is 1. The van der Waals surface area contributed by atoms with E-state index >= 15 is 0 Å². The van der Waals surface area contributed by atoms with Gasteiger partial charge in [0.1, 0.15) is 11.5 Å². The lowest BCUT2D eigenvalue weighted by Gasteiger charge is -2.46. The summed E-state index contributed by atoms with van der Waals surface area (Å²) in [6.07, 6.45) is 8.40. The first-order chi connectivity index (χ1) is 10.0. The van der Waals surface area contributed by atoms with Gasteiger partial charge in [-0.2, -0.15) is 0 Å². The van der Waals surface area contributed by atoms with Crippen LogP contribution in [0, 0.1) is 24.2 Å². The zero-order valence-electron chi connectivity index (χ0n) is 12.7. The van der Waals surface area contributed by atoms with Crippen molar-refractivity contribution in [1.29, 1.82) is 0 Å². The highest BCUT2D eigenvalue weighted by Crippen LogP contribution is 2.59. The van der Waals surface area contributed by atoms with Gasteiger partial charge in [0, 0.05) is 11.8 Å². The van der Waals surface area contributed by atoms with E-state index in [1.54, 1.807) is 0 Å². The van der Waals surface area contributed by atoms with Crippen molar-refractivity contribution in [3.63, 3.8) is 0 Å². The highest BCUT2D eigenvalue weighted by molar-refractivity contribution is 5.87. The molecule has 0 bridgehead atoms. The lowest BCUT2D eigenvalue weighted by atomic mass is 9.57. The van der Waals surface area contributed by atoms with Gasteiger partial charge in [-0.15, -0.1) is 0 Å². The molecular formula is C19H22O2. The van der Waals surface area contributed by atoms with Crippen LogP contribution in [0.5, 0.6) is 5.75 Å². The van der Waals surface area contributed by atoms with Crippen LogP contribution in [0.4, 0.5) is 0 Å². The Morgan fingerprint density at radius 1 is 1.29 bits per heavy atom. The summed E-state index contributed by atoms with van der Waals surface area (Å²) in [5.41, 5.74) is 3.68. The monoisotopic (exact) mass is 282 g/mol. The summed E-state index contributed by atoms with van der Waals surface area (Å²) in [4.78, 5) is 12.3. The van der Waals surface area contributed by atoms with Crippen LogP contribution in [0.1, 0.15) is 55.2 Å². The van der Waals surface area contributed by atoms with E-state index in [1.807, 2.05) is 12.1 Å².